The summed E-state index contributed by atoms with van der Waals surface area (Å²) in [6.07, 6.45) is 3.56. The first-order valence-electron chi connectivity index (χ1n) is 7.85. The number of pyridine rings is 1. The SMILES string of the molecule is c1c[nH]c2c(c1)oc1ccc3c4ccccc4c4ncnc4c3c12. The van der Waals surface area contributed by atoms with E-state index in [9.17, 15) is 0 Å². The fraction of sp³-hybridized carbons (Fsp3) is 0. The second-order valence-electron chi connectivity index (χ2n) is 5.99. The molecule has 0 saturated heterocycles. The average Bonchev–Trinajstić information content (AvgIpc) is 3.26. The first-order chi connectivity index (χ1) is 11.9. The van der Waals surface area contributed by atoms with Gasteiger partial charge in [-0.2, -0.15) is 0 Å². The van der Waals surface area contributed by atoms with Gasteiger partial charge in [-0.1, -0.05) is 24.3 Å². The molecule has 0 unspecified atom stereocenters. The normalized spacial score (nSPS) is 12.2. The van der Waals surface area contributed by atoms with Crippen LogP contribution < -0.4 is 0 Å². The Morgan fingerprint density at radius 3 is 2.54 bits per heavy atom. The summed E-state index contributed by atoms with van der Waals surface area (Å²) in [6, 6.07) is 16.4. The van der Waals surface area contributed by atoms with Gasteiger partial charge in [0.05, 0.1) is 21.9 Å². The molecular weight excluding hydrogens is 298 g/mol. The van der Waals surface area contributed by atoms with Crippen LogP contribution >= 0.6 is 0 Å². The van der Waals surface area contributed by atoms with Crippen LogP contribution in [0.1, 0.15) is 0 Å². The van der Waals surface area contributed by atoms with Crippen molar-refractivity contribution in [3.63, 3.8) is 0 Å². The monoisotopic (exact) mass is 309 g/mol. The Balaban J connectivity index is 2.06. The van der Waals surface area contributed by atoms with Gasteiger partial charge >= 0.3 is 0 Å². The molecule has 0 saturated carbocycles. The summed E-state index contributed by atoms with van der Waals surface area (Å²) in [5, 5.41) is 5.66. The predicted molar refractivity (Wildman–Crippen MR) is 96.2 cm³/mol. The predicted octanol–water partition coefficient (Wildman–Crippen LogP) is 5.16. The van der Waals surface area contributed by atoms with Crippen LogP contribution in [0, 0.1) is 0 Å². The molecule has 3 aromatic heterocycles. The number of benzene rings is 3. The minimum atomic E-state index is 0.848. The van der Waals surface area contributed by atoms with Crippen molar-refractivity contribution in [3.8, 4) is 0 Å². The van der Waals surface area contributed by atoms with E-state index in [0.717, 1.165) is 43.9 Å². The van der Waals surface area contributed by atoms with E-state index in [-0.39, 0.29) is 0 Å². The van der Waals surface area contributed by atoms with Gasteiger partial charge in [-0.3, -0.25) is 0 Å². The van der Waals surface area contributed by atoms with E-state index in [1.54, 1.807) is 6.33 Å². The summed E-state index contributed by atoms with van der Waals surface area (Å²) in [6.45, 7) is 0. The second-order valence-corrected chi connectivity index (χ2v) is 5.99. The smallest absolute Gasteiger partial charge is 0.151 e. The van der Waals surface area contributed by atoms with Crippen LogP contribution in [0.4, 0.5) is 0 Å². The summed E-state index contributed by atoms with van der Waals surface area (Å²) in [7, 11) is 0. The number of hydrogen-bond acceptors (Lipinski definition) is 3. The van der Waals surface area contributed by atoms with Gasteiger partial charge in [-0.15, -0.1) is 0 Å². The molecule has 1 N–H and O–H groups in total. The zero-order chi connectivity index (χ0) is 15.7. The third-order valence-electron chi connectivity index (χ3n) is 4.76. The number of aromatic amines is 1. The molecule has 3 heterocycles. The highest BCUT2D eigenvalue weighted by molar-refractivity contribution is 6.32. The van der Waals surface area contributed by atoms with Crippen molar-refractivity contribution in [2.24, 2.45) is 0 Å². The van der Waals surface area contributed by atoms with Crippen LogP contribution in [0.5, 0.6) is 0 Å². The Labute approximate surface area is 135 Å². The first kappa shape index (κ1) is 12.1. The highest BCUT2D eigenvalue weighted by Gasteiger charge is 2.17. The van der Waals surface area contributed by atoms with Crippen molar-refractivity contribution in [3.05, 3.63) is 61.1 Å². The van der Waals surface area contributed by atoms with Gasteiger partial charge in [0, 0.05) is 17.0 Å². The van der Waals surface area contributed by atoms with Crippen LogP contribution in [0.25, 0.3) is 54.6 Å². The van der Waals surface area contributed by atoms with E-state index >= 15 is 0 Å². The van der Waals surface area contributed by atoms with Crippen LogP contribution in [-0.4, -0.2) is 15.0 Å². The summed E-state index contributed by atoms with van der Waals surface area (Å²) in [4.78, 5) is 12.4. The molecule has 24 heavy (non-hydrogen) atoms. The summed E-state index contributed by atoms with van der Waals surface area (Å²) >= 11 is 0. The fourth-order valence-corrected chi connectivity index (χ4v) is 3.78. The Morgan fingerprint density at radius 2 is 1.58 bits per heavy atom. The van der Waals surface area contributed by atoms with Gasteiger partial charge in [-0.25, -0.2) is 9.97 Å². The molecule has 0 bridgehead atoms. The topological polar surface area (TPSA) is 54.7 Å². The van der Waals surface area contributed by atoms with E-state index in [4.69, 9.17) is 4.42 Å². The second kappa shape index (κ2) is 4.11. The fourth-order valence-electron chi connectivity index (χ4n) is 3.78. The van der Waals surface area contributed by atoms with E-state index in [0.29, 0.717) is 0 Å². The third kappa shape index (κ3) is 1.34. The molecule has 0 fully saturated rings. The van der Waals surface area contributed by atoms with E-state index in [1.807, 2.05) is 30.5 Å². The van der Waals surface area contributed by atoms with Crippen molar-refractivity contribution in [1.82, 2.24) is 15.0 Å². The number of rotatable bonds is 0. The molecule has 0 aliphatic carbocycles. The molecule has 3 aromatic carbocycles. The number of H-pyrrole nitrogens is 1. The Kier molecular flexibility index (Phi) is 2.07. The van der Waals surface area contributed by atoms with Gasteiger partial charge in [0.15, 0.2) is 5.58 Å². The molecule has 6 rings (SSSR count). The zero-order valence-corrected chi connectivity index (χ0v) is 12.6. The standard InChI is InChI=1S/C20H11N3O/c1-2-5-13-11(4-1)12-7-8-14-17(16(12)20-18(13)22-10-23-20)19-15(24-14)6-3-9-21-19/h1-10,21H. The number of aromatic nitrogens is 3. The van der Waals surface area contributed by atoms with Gasteiger partial charge in [-0.05, 0) is 35.0 Å². The molecule has 6 aromatic rings. The summed E-state index contributed by atoms with van der Waals surface area (Å²) in [5.41, 5.74) is 4.57. The van der Waals surface area contributed by atoms with Gasteiger partial charge in [0.25, 0.3) is 0 Å². The lowest BCUT2D eigenvalue weighted by Crippen LogP contribution is -1.83. The maximum absolute atomic E-state index is 6.02. The van der Waals surface area contributed by atoms with Crippen molar-refractivity contribution in [1.29, 1.82) is 0 Å². The maximum Gasteiger partial charge on any atom is 0.151 e. The third-order valence-corrected chi connectivity index (χ3v) is 4.76. The Bertz CT molecular complexity index is 1410. The average molecular weight is 309 g/mol. The first-order valence-corrected chi connectivity index (χ1v) is 7.85. The Hall–Kier alpha value is -3.40. The highest BCUT2D eigenvalue weighted by Crippen LogP contribution is 2.40. The molecule has 0 amide bonds. The van der Waals surface area contributed by atoms with Crippen molar-refractivity contribution < 1.29 is 4.42 Å². The quantitative estimate of drug-likeness (QED) is 0.394. The van der Waals surface area contributed by atoms with Crippen molar-refractivity contribution >= 4 is 54.6 Å². The lowest BCUT2D eigenvalue weighted by atomic mass is 9.97. The molecule has 4 heteroatoms. The molecular formula is C20H11N3O. The molecule has 0 radical (unpaired) electrons. The summed E-state index contributed by atoms with van der Waals surface area (Å²) < 4.78 is 6.02. The Morgan fingerprint density at radius 1 is 0.708 bits per heavy atom. The van der Waals surface area contributed by atoms with Crippen LogP contribution in [-0.2, 0) is 0 Å². The number of furan rings is 1. The molecule has 0 aliphatic rings. The van der Waals surface area contributed by atoms with Gasteiger partial charge < -0.3 is 9.40 Å². The van der Waals surface area contributed by atoms with Crippen LogP contribution in [0.15, 0.2) is 65.5 Å². The number of hydrogen-bond donors (Lipinski definition) is 1. The lowest BCUT2D eigenvalue weighted by molar-refractivity contribution is 0.668. The minimum Gasteiger partial charge on any atom is -0.454 e. The van der Waals surface area contributed by atoms with E-state index in [2.05, 4.69) is 39.2 Å². The highest BCUT2D eigenvalue weighted by atomic mass is 16.3. The van der Waals surface area contributed by atoms with Gasteiger partial charge in [0.2, 0.25) is 0 Å². The number of fused-ring (bicyclic) bond motifs is 10. The van der Waals surface area contributed by atoms with Crippen molar-refractivity contribution in [2.75, 3.05) is 0 Å². The van der Waals surface area contributed by atoms with Gasteiger partial charge in [0.1, 0.15) is 11.9 Å². The molecule has 0 atom stereocenters. The number of nitrogens with zero attached hydrogens (tertiary/aromatic N) is 2. The lowest BCUT2D eigenvalue weighted by Gasteiger charge is -2.06. The molecule has 4 nitrogen and oxygen atoms in total. The maximum atomic E-state index is 6.02. The molecule has 0 spiro atoms. The molecule has 0 aliphatic heterocycles. The van der Waals surface area contributed by atoms with Crippen LogP contribution in [0.3, 0.4) is 0 Å². The zero-order valence-electron chi connectivity index (χ0n) is 12.6. The number of imidazole rings is 1. The molecule has 112 valence electrons. The minimum absolute atomic E-state index is 0.848. The number of nitrogens with one attached hydrogen (secondary N) is 1. The van der Waals surface area contributed by atoms with Crippen molar-refractivity contribution in [2.45, 2.75) is 0 Å². The largest absolute Gasteiger partial charge is 0.454 e. The summed E-state index contributed by atoms with van der Waals surface area (Å²) in [5.74, 6) is 0. The van der Waals surface area contributed by atoms with E-state index in [1.165, 1.54) is 10.8 Å². The van der Waals surface area contributed by atoms with E-state index < -0.39 is 0 Å². The van der Waals surface area contributed by atoms with Crippen LogP contribution in [0.2, 0.25) is 0 Å².